The number of rotatable bonds is 6. The highest BCUT2D eigenvalue weighted by molar-refractivity contribution is 5.97. The van der Waals surface area contributed by atoms with Gasteiger partial charge in [0.2, 0.25) is 0 Å². The molecule has 0 bridgehead atoms. The third-order valence-electron chi connectivity index (χ3n) is 5.07. The molecule has 2 heterocycles. The Morgan fingerprint density at radius 2 is 1.85 bits per heavy atom. The van der Waals surface area contributed by atoms with Crippen LogP contribution in [0.1, 0.15) is 58.2 Å². The van der Waals surface area contributed by atoms with Crippen molar-refractivity contribution in [2.75, 3.05) is 13.1 Å². The summed E-state index contributed by atoms with van der Waals surface area (Å²) in [5, 5.41) is 18.9. The number of aromatic nitrogens is 2. The Morgan fingerprint density at radius 3 is 2.41 bits per heavy atom. The van der Waals surface area contributed by atoms with Crippen LogP contribution in [0.3, 0.4) is 0 Å². The average Bonchev–Trinajstić information content (AvgIpc) is 2.99. The van der Waals surface area contributed by atoms with Crippen molar-refractivity contribution in [1.29, 1.82) is 0 Å². The highest BCUT2D eigenvalue weighted by atomic mass is 16.4. The lowest BCUT2D eigenvalue weighted by atomic mass is 10.0. The number of H-pyrrole nitrogens is 1. The number of carbonyl (C=O) groups excluding carboxylic acids is 1. The van der Waals surface area contributed by atoms with Crippen molar-refractivity contribution in [2.24, 2.45) is 0 Å². The fourth-order valence-electron chi connectivity index (χ4n) is 3.59. The van der Waals surface area contributed by atoms with Gasteiger partial charge in [-0.1, -0.05) is 18.6 Å². The fraction of sp³-hybridized carbons (Fsp3) is 0.450. The molecule has 3 N–H and O–H groups in total. The van der Waals surface area contributed by atoms with Crippen molar-refractivity contribution in [2.45, 2.75) is 45.7 Å². The number of aliphatic carboxylic acids is 1. The fourth-order valence-corrected chi connectivity index (χ4v) is 3.59. The standard InChI is InChI=1S/C20H26N4O3/c1-13-17(14(2)23-22-13)18(20(26)27)21-19(25)16-8-6-15(7-9-16)12-24-10-4-3-5-11-24/h6-9,18H,3-5,10-12H2,1-2H3,(H,21,25)(H,22,23)(H,26,27)/t18-/m1/s1. The summed E-state index contributed by atoms with van der Waals surface area (Å²) in [5.74, 6) is -1.52. The SMILES string of the molecule is Cc1n[nH]c(C)c1[C@@H](NC(=O)c1ccc(CN2CCCCC2)cc1)C(=O)O. The Morgan fingerprint density at radius 1 is 1.19 bits per heavy atom. The van der Waals surface area contributed by atoms with Gasteiger partial charge >= 0.3 is 5.97 Å². The molecule has 7 heteroatoms. The average molecular weight is 370 g/mol. The van der Waals surface area contributed by atoms with Gasteiger partial charge in [0.1, 0.15) is 0 Å². The molecular weight excluding hydrogens is 344 g/mol. The maximum absolute atomic E-state index is 12.6. The maximum atomic E-state index is 12.6. The maximum Gasteiger partial charge on any atom is 0.331 e. The van der Waals surface area contributed by atoms with E-state index in [1.165, 1.54) is 19.3 Å². The summed E-state index contributed by atoms with van der Waals surface area (Å²) >= 11 is 0. The van der Waals surface area contributed by atoms with E-state index < -0.39 is 17.9 Å². The number of amides is 1. The van der Waals surface area contributed by atoms with Crippen LogP contribution >= 0.6 is 0 Å². The first-order valence-corrected chi connectivity index (χ1v) is 9.32. The highest BCUT2D eigenvalue weighted by Gasteiger charge is 2.27. The lowest BCUT2D eigenvalue weighted by molar-refractivity contribution is -0.139. The van der Waals surface area contributed by atoms with Crippen LogP contribution in [0, 0.1) is 13.8 Å². The molecule has 27 heavy (non-hydrogen) atoms. The van der Waals surface area contributed by atoms with Crippen LogP contribution < -0.4 is 5.32 Å². The van der Waals surface area contributed by atoms with Crippen LogP contribution in [0.25, 0.3) is 0 Å². The highest BCUT2D eigenvalue weighted by Crippen LogP contribution is 2.21. The summed E-state index contributed by atoms with van der Waals surface area (Å²) in [7, 11) is 0. The molecule has 0 unspecified atom stereocenters. The van der Waals surface area contributed by atoms with Crippen molar-refractivity contribution in [3.05, 3.63) is 52.3 Å². The van der Waals surface area contributed by atoms with Crippen LogP contribution in [0.4, 0.5) is 0 Å². The number of carbonyl (C=O) groups is 2. The first-order chi connectivity index (χ1) is 13.0. The number of nitrogens with one attached hydrogen (secondary N) is 2. The lowest BCUT2D eigenvalue weighted by Gasteiger charge is -2.26. The first-order valence-electron chi connectivity index (χ1n) is 9.32. The van der Waals surface area contributed by atoms with Gasteiger partial charge in [-0.15, -0.1) is 0 Å². The van der Waals surface area contributed by atoms with Gasteiger partial charge in [-0.3, -0.25) is 14.8 Å². The molecule has 1 saturated heterocycles. The van der Waals surface area contributed by atoms with E-state index in [1.807, 2.05) is 12.1 Å². The first kappa shape index (κ1) is 19.1. The summed E-state index contributed by atoms with van der Waals surface area (Å²) in [6.45, 7) is 6.58. The molecule has 3 rings (SSSR count). The molecule has 144 valence electrons. The topological polar surface area (TPSA) is 98.3 Å². The summed E-state index contributed by atoms with van der Waals surface area (Å²) in [4.78, 5) is 26.7. The third kappa shape index (κ3) is 4.54. The number of nitrogens with zero attached hydrogens (tertiary/aromatic N) is 2. The second-order valence-electron chi connectivity index (χ2n) is 7.13. The minimum atomic E-state index is -1.13. The number of aryl methyl sites for hydroxylation is 2. The smallest absolute Gasteiger partial charge is 0.331 e. The minimum absolute atomic E-state index is 0.410. The van der Waals surface area contributed by atoms with Crippen molar-refractivity contribution in [3.63, 3.8) is 0 Å². The molecule has 0 aliphatic carbocycles. The molecule has 1 atom stereocenters. The molecule has 7 nitrogen and oxygen atoms in total. The van der Waals surface area contributed by atoms with Gasteiger partial charge in [0, 0.05) is 23.4 Å². The monoisotopic (exact) mass is 370 g/mol. The van der Waals surface area contributed by atoms with E-state index in [9.17, 15) is 14.7 Å². The number of carboxylic acids is 1. The van der Waals surface area contributed by atoms with E-state index >= 15 is 0 Å². The Bertz CT molecular complexity index is 788. The van der Waals surface area contributed by atoms with Gasteiger partial charge in [-0.25, -0.2) is 4.79 Å². The van der Waals surface area contributed by atoms with E-state index in [-0.39, 0.29) is 0 Å². The van der Waals surface area contributed by atoms with Crippen molar-refractivity contribution in [3.8, 4) is 0 Å². The molecule has 1 fully saturated rings. The molecular formula is C20H26N4O3. The van der Waals surface area contributed by atoms with E-state index in [0.29, 0.717) is 22.5 Å². The molecule has 0 saturated carbocycles. The number of carboxylic acid groups (broad SMARTS) is 1. The Hall–Kier alpha value is -2.67. The largest absolute Gasteiger partial charge is 0.479 e. The molecule has 1 aliphatic heterocycles. The van der Waals surface area contributed by atoms with Crippen LogP contribution in [0.5, 0.6) is 0 Å². The van der Waals surface area contributed by atoms with E-state index in [1.54, 1.807) is 26.0 Å². The third-order valence-corrected chi connectivity index (χ3v) is 5.07. The Kier molecular flexibility index (Phi) is 5.91. The van der Waals surface area contributed by atoms with Crippen molar-refractivity contribution < 1.29 is 14.7 Å². The quantitative estimate of drug-likeness (QED) is 0.726. The molecule has 0 radical (unpaired) electrons. The number of hydrogen-bond acceptors (Lipinski definition) is 4. The zero-order valence-electron chi connectivity index (χ0n) is 15.8. The summed E-state index contributed by atoms with van der Waals surface area (Å²) in [6.07, 6.45) is 3.78. The van der Waals surface area contributed by atoms with E-state index in [0.717, 1.165) is 25.2 Å². The lowest BCUT2D eigenvalue weighted by Crippen LogP contribution is -2.34. The van der Waals surface area contributed by atoms with E-state index in [4.69, 9.17) is 0 Å². The summed E-state index contributed by atoms with van der Waals surface area (Å²) < 4.78 is 0. The van der Waals surface area contributed by atoms with Gasteiger partial charge in [0.15, 0.2) is 6.04 Å². The summed E-state index contributed by atoms with van der Waals surface area (Å²) in [5.41, 5.74) is 3.30. The van der Waals surface area contributed by atoms with Crippen LogP contribution in [0.2, 0.25) is 0 Å². The number of hydrogen-bond donors (Lipinski definition) is 3. The van der Waals surface area contributed by atoms with Crippen molar-refractivity contribution in [1.82, 2.24) is 20.4 Å². The molecule has 1 aliphatic rings. The Labute approximate surface area is 158 Å². The molecule has 1 aromatic carbocycles. The number of likely N-dealkylation sites (tertiary alicyclic amines) is 1. The number of aromatic amines is 1. The Balaban J connectivity index is 1.68. The normalized spacial score (nSPS) is 16.1. The van der Waals surface area contributed by atoms with Gasteiger partial charge in [0.05, 0.1) is 5.69 Å². The minimum Gasteiger partial charge on any atom is -0.479 e. The van der Waals surface area contributed by atoms with Gasteiger partial charge in [0.25, 0.3) is 5.91 Å². The van der Waals surface area contributed by atoms with Gasteiger partial charge in [-0.2, -0.15) is 5.10 Å². The van der Waals surface area contributed by atoms with Gasteiger partial charge < -0.3 is 10.4 Å². The molecule has 0 spiro atoms. The zero-order chi connectivity index (χ0) is 19.4. The number of piperidine rings is 1. The van der Waals surface area contributed by atoms with E-state index in [2.05, 4.69) is 20.4 Å². The van der Waals surface area contributed by atoms with Crippen LogP contribution in [0.15, 0.2) is 24.3 Å². The predicted octanol–water partition coefficient (Wildman–Crippen LogP) is 2.57. The van der Waals surface area contributed by atoms with Crippen LogP contribution in [-0.4, -0.2) is 45.2 Å². The second kappa shape index (κ2) is 8.35. The van der Waals surface area contributed by atoms with Gasteiger partial charge in [-0.05, 0) is 57.5 Å². The molecule has 1 amide bonds. The molecule has 2 aromatic rings. The summed E-state index contributed by atoms with van der Waals surface area (Å²) in [6, 6.07) is 6.25. The number of benzene rings is 1. The van der Waals surface area contributed by atoms with Crippen molar-refractivity contribution >= 4 is 11.9 Å². The zero-order valence-corrected chi connectivity index (χ0v) is 15.8. The second-order valence-corrected chi connectivity index (χ2v) is 7.13. The predicted molar refractivity (Wildman–Crippen MR) is 101 cm³/mol. The van der Waals surface area contributed by atoms with Crippen LogP contribution in [-0.2, 0) is 11.3 Å². The molecule has 1 aromatic heterocycles.